The molecule has 0 fully saturated rings. The topological polar surface area (TPSA) is 122 Å². The number of hydrogen-bond acceptors (Lipinski definition) is 4. The number of rotatable bonds is 9. The molecule has 0 aliphatic rings. The second kappa shape index (κ2) is 9.78. The zero-order valence-corrected chi connectivity index (χ0v) is 14.9. The van der Waals surface area contributed by atoms with E-state index in [-0.39, 0.29) is 12.3 Å². The summed E-state index contributed by atoms with van der Waals surface area (Å²) in [4.78, 5) is 35.6. The van der Waals surface area contributed by atoms with Crippen LogP contribution in [0.2, 0.25) is 0 Å². The summed E-state index contributed by atoms with van der Waals surface area (Å²) in [7, 11) is 0. The molecule has 138 valence electrons. The first-order chi connectivity index (χ1) is 11.7. The van der Waals surface area contributed by atoms with Crippen LogP contribution in [-0.2, 0) is 20.8 Å². The van der Waals surface area contributed by atoms with E-state index < -0.39 is 35.9 Å². The molecular formula is C18H27N3O4. The molecule has 7 heteroatoms. The predicted octanol–water partition coefficient (Wildman–Crippen LogP) is 0.677. The molecule has 5 N–H and O–H groups in total. The van der Waals surface area contributed by atoms with Crippen molar-refractivity contribution in [3.63, 3.8) is 0 Å². The van der Waals surface area contributed by atoms with E-state index in [4.69, 9.17) is 10.8 Å². The van der Waals surface area contributed by atoms with Crippen LogP contribution in [0.25, 0.3) is 0 Å². The molecule has 0 saturated heterocycles. The van der Waals surface area contributed by atoms with Crippen molar-refractivity contribution < 1.29 is 19.5 Å². The SMILES string of the molecule is CC(C)C[C@H](N)C(=O)N[C@@H](Cc1ccccc1)C(=O)N[C@@H](C)C(=O)O. The lowest BCUT2D eigenvalue weighted by molar-refractivity contribution is -0.141. The monoisotopic (exact) mass is 349 g/mol. The molecule has 1 aromatic carbocycles. The van der Waals surface area contributed by atoms with Gasteiger partial charge in [0.05, 0.1) is 6.04 Å². The van der Waals surface area contributed by atoms with Crippen molar-refractivity contribution in [3.05, 3.63) is 35.9 Å². The molecule has 0 unspecified atom stereocenters. The first-order valence-electron chi connectivity index (χ1n) is 8.33. The van der Waals surface area contributed by atoms with Crippen LogP contribution in [-0.4, -0.2) is 41.0 Å². The molecule has 25 heavy (non-hydrogen) atoms. The van der Waals surface area contributed by atoms with Gasteiger partial charge in [0, 0.05) is 6.42 Å². The van der Waals surface area contributed by atoms with Gasteiger partial charge in [0.1, 0.15) is 12.1 Å². The van der Waals surface area contributed by atoms with Crippen molar-refractivity contribution in [2.45, 2.75) is 51.7 Å². The molecule has 0 aliphatic heterocycles. The van der Waals surface area contributed by atoms with Gasteiger partial charge >= 0.3 is 5.97 Å². The highest BCUT2D eigenvalue weighted by Gasteiger charge is 2.26. The number of nitrogens with two attached hydrogens (primary N) is 1. The standard InChI is InChI=1S/C18H27N3O4/c1-11(2)9-14(19)16(22)21-15(10-13-7-5-4-6-8-13)17(23)20-12(3)18(24)25/h4-8,11-12,14-15H,9-10,19H2,1-3H3,(H,20,23)(H,21,22)(H,24,25)/t12-,14-,15-/m0/s1. The Labute approximate surface area is 148 Å². The Morgan fingerprint density at radius 1 is 1.04 bits per heavy atom. The fraction of sp³-hybridized carbons (Fsp3) is 0.500. The highest BCUT2D eigenvalue weighted by Crippen LogP contribution is 2.06. The maximum absolute atomic E-state index is 12.4. The number of carbonyl (C=O) groups is 3. The smallest absolute Gasteiger partial charge is 0.325 e. The Morgan fingerprint density at radius 3 is 2.16 bits per heavy atom. The van der Waals surface area contributed by atoms with E-state index >= 15 is 0 Å². The normalized spacial score (nSPS) is 14.4. The zero-order chi connectivity index (χ0) is 19.0. The van der Waals surface area contributed by atoms with Crippen molar-refractivity contribution in [3.8, 4) is 0 Å². The largest absolute Gasteiger partial charge is 0.480 e. The number of aliphatic carboxylic acids is 1. The molecule has 2 amide bonds. The lowest BCUT2D eigenvalue weighted by Crippen LogP contribution is -2.54. The minimum atomic E-state index is -1.14. The third-order valence-electron chi connectivity index (χ3n) is 3.71. The third kappa shape index (κ3) is 7.34. The third-order valence-corrected chi connectivity index (χ3v) is 3.71. The van der Waals surface area contributed by atoms with Crippen LogP contribution in [0.5, 0.6) is 0 Å². The molecular weight excluding hydrogens is 322 g/mol. The Balaban J connectivity index is 2.85. The molecule has 0 saturated carbocycles. The van der Waals surface area contributed by atoms with Crippen LogP contribution in [0.4, 0.5) is 0 Å². The lowest BCUT2D eigenvalue weighted by Gasteiger charge is -2.22. The molecule has 7 nitrogen and oxygen atoms in total. The first kappa shape index (κ1) is 20.6. The fourth-order valence-electron chi connectivity index (χ4n) is 2.33. The lowest BCUT2D eigenvalue weighted by atomic mass is 10.0. The molecule has 1 aromatic rings. The molecule has 0 aromatic heterocycles. The van der Waals surface area contributed by atoms with Gasteiger partial charge in [0.25, 0.3) is 0 Å². The van der Waals surface area contributed by atoms with E-state index in [2.05, 4.69) is 10.6 Å². The van der Waals surface area contributed by atoms with Gasteiger partial charge in [0.2, 0.25) is 11.8 Å². The molecule has 0 radical (unpaired) electrons. The van der Waals surface area contributed by atoms with Crippen LogP contribution in [0.1, 0.15) is 32.8 Å². The number of carboxylic acids is 1. The van der Waals surface area contributed by atoms with Gasteiger partial charge in [0.15, 0.2) is 0 Å². The Hall–Kier alpha value is -2.41. The van der Waals surface area contributed by atoms with Gasteiger partial charge in [-0.05, 0) is 24.8 Å². The number of amides is 2. The summed E-state index contributed by atoms with van der Waals surface area (Å²) >= 11 is 0. The van der Waals surface area contributed by atoms with E-state index in [1.807, 2.05) is 44.2 Å². The van der Waals surface area contributed by atoms with Gasteiger partial charge in [-0.15, -0.1) is 0 Å². The number of hydrogen-bond donors (Lipinski definition) is 4. The molecule has 0 bridgehead atoms. The van der Waals surface area contributed by atoms with Crippen LogP contribution in [0.15, 0.2) is 30.3 Å². The van der Waals surface area contributed by atoms with Gasteiger partial charge in [-0.2, -0.15) is 0 Å². The summed E-state index contributed by atoms with van der Waals surface area (Å²) in [5.74, 6) is -1.87. The summed E-state index contributed by atoms with van der Waals surface area (Å²) in [5.41, 5.74) is 6.72. The van der Waals surface area contributed by atoms with Crippen LogP contribution in [0, 0.1) is 5.92 Å². The minimum Gasteiger partial charge on any atom is -0.480 e. The number of carboxylic acid groups (broad SMARTS) is 1. The average molecular weight is 349 g/mol. The summed E-state index contributed by atoms with van der Waals surface area (Å²) in [5, 5.41) is 14.0. The molecule has 0 heterocycles. The Bertz CT molecular complexity index is 589. The van der Waals surface area contributed by atoms with Crippen molar-refractivity contribution in [2.75, 3.05) is 0 Å². The Morgan fingerprint density at radius 2 is 1.64 bits per heavy atom. The highest BCUT2D eigenvalue weighted by molar-refractivity contribution is 5.91. The summed E-state index contributed by atoms with van der Waals surface area (Å²) in [6.45, 7) is 5.28. The number of carbonyl (C=O) groups excluding carboxylic acids is 2. The highest BCUT2D eigenvalue weighted by atomic mass is 16.4. The van der Waals surface area contributed by atoms with E-state index in [1.165, 1.54) is 6.92 Å². The van der Waals surface area contributed by atoms with Gasteiger partial charge in [-0.3, -0.25) is 14.4 Å². The van der Waals surface area contributed by atoms with E-state index in [0.29, 0.717) is 6.42 Å². The first-order valence-corrected chi connectivity index (χ1v) is 8.33. The quantitative estimate of drug-likeness (QED) is 0.522. The second-order valence-corrected chi connectivity index (χ2v) is 6.56. The van der Waals surface area contributed by atoms with E-state index in [9.17, 15) is 14.4 Å². The fourth-order valence-corrected chi connectivity index (χ4v) is 2.33. The van der Waals surface area contributed by atoms with E-state index in [1.54, 1.807) is 0 Å². The van der Waals surface area contributed by atoms with Gasteiger partial charge in [-0.1, -0.05) is 44.2 Å². The number of benzene rings is 1. The predicted molar refractivity (Wildman–Crippen MR) is 94.7 cm³/mol. The summed E-state index contributed by atoms with van der Waals surface area (Å²) in [6, 6.07) is 6.52. The van der Waals surface area contributed by atoms with Gasteiger partial charge < -0.3 is 21.5 Å². The Kier molecular flexibility index (Phi) is 8.07. The van der Waals surface area contributed by atoms with Crippen molar-refractivity contribution >= 4 is 17.8 Å². The number of nitrogens with one attached hydrogen (secondary N) is 2. The van der Waals surface area contributed by atoms with Crippen molar-refractivity contribution in [1.82, 2.24) is 10.6 Å². The maximum Gasteiger partial charge on any atom is 0.325 e. The average Bonchev–Trinajstić information content (AvgIpc) is 2.54. The summed E-state index contributed by atoms with van der Waals surface area (Å²) < 4.78 is 0. The van der Waals surface area contributed by atoms with Crippen LogP contribution in [0.3, 0.4) is 0 Å². The molecule has 1 rings (SSSR count). The van der Waals surface area contributed by atoms with Crippen molar-refractivity contribution in [2.24, 2.45) is 11.7 Å². The summed E-state index contributed by atoms with van der Waals surface area (Å²) in [6.07, 6.45) is 0.746. The molecule has 0 spiro atoms. The van der Waals surface area contributed by atoms with Crippen LogP contribution >= 0.6 is 0 Å². The van der Waals surface area contributed by atoms with Gasteiger partial charge in [-0.25, -0.2) is 0 Å². The van der Waals surface area contributed by atoms with E-state index in [0.717, 1.165) is 5.56 Å². The zero-order valence-electron chi connectivity index (χ0n) is 14.9. The minimum absolute atomic E-state index is 0.245. The molecule has 3 atom stereocenters. The molecule has 0 aliphatic carbocycles. The van der Waals surface area contributed by atoms with Crippen LogP contribution < -0.4 is 16.4 Å². The van der Waals surface area contributed by atoms with Crippen molar-refractivity contribution in [1.29, 1.82) is 0 Å². The maximum atomic E-state index is 12.4. The second-order valence-electron chi connectivity index (χ2n) is 6.56.